The molecule has 114 valence electrons. The van der Waals surface area contributed by atoms with Crippen LogP contribution in [0.2, 0.25) is 0 Å². The van der Waals surface area contributed by atoms with Crippen LogP contribution in [0.3, 0.4) is 0 Å². The predicted octanol–water partition coefficient (Wildman–Crippen LogP) is -0.763. The van der Waals surface area contributed by atoms with E-state index in [4.69, 9.17) is 4.74 Å². The second kappa shape index (κ2) is 6.79. The molecule has 1 aliphatic heterocycles. The summed E-state index contributed by atoms with van der Waals surface area (Å²) in [5, 5.41) is 16.9. The summed E-state index contributed by atoms with van der Waals surface area (Å²) in [6.45, 7) is 2.66. The second-order valence-electron chi connectivity index (χ2n) is 4.32. The first-order valence-electron chi connectivity index (χ1n) is 6.39. The molecule has 1 aromatic heterocycles. The summed E-state index contributed by atoms with van der Waals surface area (Å²) in [6, 6.07) is 0. The van der Waals surface area contributed by atoms with Crippen molar-refractivity contribution in [2.75, 3.05) is 45.2 Å². The van der Waals surface area contributed by atoms with E-state index in [9.17, 15) is 14.9 Å². The normalized spacial score (nSPS) is 14.6. The highest BCUT2D eigenvalue weighted by molar-refractivity contribution is 5.81. The fraction of sp³-hybridized carbons (Fsp3) is 0.545. The maximum atomic E-state index is 12.0. The minimum atomic E-state index is -0.642. The zero-order chi connectivity index (χ0) is 15.2. The van der Waals surface area contributed by atoms with Gasteiger partial charge in [0.05, 0.1) is 18.6 Å². The first kappa shape index (κ1) is 14.9. The van der Waals surface area contributed by atoms with E-state index >= 15 is 0 Å². The van der Waals surface area contributed by atoms with Gasteiger partial charge >= 0.3 is 5.69 Å². The molecular weight excluding hydrogens is 280 g/mol. The zero-order valence-corrected chi connectivity index (χ0v) is 11.5. The van der Waals surface area contributed by atoms with E-state index in [1.807, 2.05) is 0 Å². The zero-order valence-electron chi connectivity index (χ0n) is 11.5. The Morgan fingerprint density at radius 2 is 2.24 bits per heavy atom. The molecule has 0 saturated carbocycles. The largest absolute Gasteiger partial charge is 0.476 e. The van der Waals surface area contributed by atoms with E-state index in [0.717, 1.165) is 19.4 Å². The van der Waals surface area contributed by atoms with Crippen molar-refractivity contribution < 1.29 is 14.5 Å². The van der Waals surface area contributed by atoms with Crippen molar-refractivity contribution in [3.05, 3.63) is 16.4 Å². The lowest BCUT2D eigenvalue weighted by atomic mass is 10.3. The topological polar surface area (TPSA) is 123 Å². The van der Waals surface area contributed by atoms with Crippen molar-refractivity contribution in [3.8, 4) is 5.88 Å². The van der Waals surface area contributed by atoms with Crippen LogP contribution in [0.15, 0.2) is 6.33 Å². The Hall–Kier alpha value is -2.49. The van der Waals surface area contributed by atoms with Crippen LogP contribution in [-0.2, 0) is 4.79 Å². The molecule has 0 spiro atoms. The van der Waals surface area contributed by atoms with E-state index in [2.05, 4.69) is 20.6 Å². The van der Waals surface area contributed by atoms with E-state index in [0.29, 0.717) is 13.1 Å². The van der Waals surface area contributed by atoms with Crippen LogP contribution >= 0.6 is 0 Å². The number of carbonyl (C=O) groups is 1. The molecule has 2 N–H and O–H groups in total. The van der Waals surface area contributed by atoms with E-state index in [-0.39, 0.29) is 29.8 Å². The number of methoxy groups -OCH3 is 1. The van der Waals surface area contributed by atoms with Crippen LogP contribution < -0.4 is 15.4 Å². The number of hydrogen-bond donors (Lipinski definition) is 2. The minimum absolute atomic E-state index is 0.0321. The van der Waals surface area contributed by atoms with Crippen LogP contribution in [0.4, 0.5) is 11.5 Å². The number of ether oxygens (including phenoxy) is 1. The molecule has 1 amide bonds. The van der Waals surface area contributed by atoms with Gasteiger partial charge in [0.1, 0.15) is 6.33 Å². The van der Waals surface area contributed by atoms with Crippen LogP contribution in [-0.4, -0.2) is 65.5 Å². The summed E-state index contributed by atoms with van der Waals surface area (Å²) >= 11 is 0. The number of nitrogens with zero attached hydrogens (tertiary/aromatic N) is 4. The third kappa shape index (κ3) is 3.54. The quantitative estimate of drug-likeness (QED) is 0.537. The fourth-order valence-electron chi connectivity index (χ4n) is 1.99. The number of carbonyl (C=O) groups excluding carboxylic acids is 1. The van der Waals surface area contributed by atoms with Crippen LogP contribution in [0.25, 0.3) is 0 Å². The van der Waals surface area contributed by atoms with Crippen molar-refractivity contribution in [2.45, 2.75) is 0 Å². The summed E-state index contributed by atoms with van der Waals surface area (Å²) < 4.78 is 4.83. The molecule has 10 heteroatoms. The number of nitro groups is 1. The fourth-order valence-corrected chi connectivity index (χ4v) is 1.99. The molecule has 0 atom stereocenters. The molecular formula is C11H16N6O4. The number of piperazine rings is 1. The number of anilines is 1. The Morgan fingerprint density at radius 1 is 1.52 bits per heavy atom. The van der Waals surface area contributed by atoms with Crippen molar-refractivity contribution in [3.63, 3.8) is 0 Å². The molecule has 1 saturated heterocycles. The lowest BCUT2D eigenvalue weighted by Gasteiger charge is -2.27. The molecule has 0 bridgehead atoms. The molecule has 1 aromatic rings. The van der Waals surface area contributed by atoms with Gasteiger partial charge in [-0.3, -0.25) is 14.9 Å². The molecule has 0 aromatic carbocycles. The molecule has 0 aliphatic carbocycles. The first-order chi connectivity index (χ1) is 10.1. The lowest BCUT2D eigenvalue weighted by Crippen LogP contribution is -2.48. The van der Waals surface area contributed by atoms with E-state index in [1.165, 1.54) is 7.11 Å². The van der Waals surface area contributed by atoms with Gasteiger partial charge in [0.25, 0.3) is 5.88 Å². The number of amides is 1. The molecule has 1 aliphatic rings. The summed E-state index contributed by atoms with van der Waals surface area (Å²) in [4.78, 5) is 31.6. The molecule has 0 unspecified atom stereocenters. The molecule has 10 nitrogen and oxygen atoms in total. The van der Waals surface area contributed by atoms with Crippen LogP contribution in [0, 0.1) is 10.1 Å². The van der Waals surface area contributed by atoms with Crippen molar-refractivity contribution in [1.29, 1.82) is 0 Å². The van der Waals surface area contributed by atoms with Gasteiger partial charge in [-0.2, -0.15) is 4.98 Å². The summed E-state index contributed by atoms with van der Waals surface area (Å²) in [5.41, 5.74) is -0.381. The number of nitrogens with one attached hydrogen (secondary N) is 2. The van der Waals surface area contributed by atoms with Crippen LogP contribution in [0.1, 0.15) is 0 Å². The maximum Gasteiger partial charge on any atom is 0.372 e. The maximum absolute atomic E-state index is 12.0. The van der Waals surface area contributed by atoms with Crippen molar-refractivity contribution >= 4 is 17.4 Å². The third-order valence-electron chi connectivity index (χ3n) is 3.04. The predicted molar refractivity (Wildman–Crippen MR) is 73.2 cm³/mol. The van der Waals surface area contributed by atoms with Crippen molar-refractivity contribution in [2.24, 2.45) is 0 Å². The van der Waals surface area contributed by atoms with E-state index in [1.54, 1.807) is 4.90 Å². The molecule has 2 heterocycles. The molecule has 21 heavy (non-hydrogen) atoms. The lowest BCUT2D eigenvalue weighted by molar-refractivity contribution is -0.385. The van der Waals surface area contributed by atoms with Gasteiger partial charge in [-0.15, -0.1) is 0 Å². The Labute approximate surface area is 120 Å². The van der Waals surface area contributed by atoms with E-state index < -0.39 is 4.92 Å². The molecule has 0 radical (unpaired) electrons. The average molecular weight is 296 g/mol. The third-order valence-corrected chi connectivity index (χ3v) is 3.04. The Bertz CT molecular complexity index is 531. The second-order valence-corrected chi connectivity index (χ2v) is 4.32. The SMILES string of the molecule is COc1ncnc(NCC(=O)N2CCNCC2)c1[N+](=O)[O-]. The number of rotatable bonds is 5. The Morgan fingerprint density at radius 3 is 2.86 bits per heavy atom. The first-order valence-corrected chi connectivity index (χ1v) is 6.39. The van der Waals surface area contributed by atoms with Crippen LogP contribution in [0.5, 0.6) is 5.88 Å². The summed E-state index contributed by atoms with van der Waals surface area (Å²) in [7, 11) is 1.28. The van der Waals surface area contributed by atoms with Gasteiger partial charge in [0.2, 0.25) is 11.7 Å². The van der Waals surface area contributed by atoms with Crippen molar-refractivity contribution in [1.82, 2.24) is 20.2 Å². The van der Waals surface area contributed by atoms with Gasteiger partial charge in [0, 0.05) is 26.2 Å². The van der Waals surface area contributed by atoms with Gasteiger partial charge in [-0.1, -0.05) is 0 Å². The summed E-state index contributed by atoms with van der Waals surface area (Å²) in [6.07, 6.45) is 1.14. The highest BCUT2D eigenvalue weighted by atomic mass is 16.6. The van der Waals surface area contributed by atoms with Gasteiger partial charge in [0.15, 0.2) is 0 Å². The highest BCUT2D eigenvalue weighted by Gasteiger charge is 2.25. The number of hydrogen-bond acceptors (Lipinski definition) is 8. The molecule has 1 fully saturated rings. The number of aromatic nitrogens is 2. The Kier molecular flexibility index (Phi) is 4.82. The summed E-state index contributed by atoms with van der Waals surface area (Å²) in [5.74, 6) is -0.314. The highest BCUT2D eigenvalue weighted by Crippen LogP contribution is 2.30. The Balaban J connectivity index is 2.05. The standard InChI is InChI=1S/C11H16N6O4/c1-21-11-9(17(19)20)10(14-7-15-11)13-6-8(18)16-4-2-12-3-5-16/h7,12H,2-6H2,1H3,(H,13,14,15). The smallest absolute Gasteiger partial charge is 0.372 e. The monoisotopic (exact) mass is 296 g/mol. The minimum Gasteiger partial charge on any atom is -0.476 e. The van der Waals surface area contributed by atoms with Gasteiger partial charge in [-0.25, -0.2) is 4.98 Å². The van der Waals surface area contributed by atoms with Gasteiger partial charge in [-0.05, 0) is 0 Å². The molecule has 2 rings (SSSR count). The van der Waals surface area contributed by atoms with Gasteiger partial charge < -0.3 is 20.3 Å². The average Bonchev–Trinajstić information content (AvgIpc) is 2.52.